The predicted octanol–water partition coefficient (Wildman–Crippen LogP) is 1.70. The molecule has 2 N–H and O–H groups in total. The van der Waals surface area contributed by atoms with Crippen molar-refractivity contribution in [2.24, 2.45) is 0 Å². The van der Waals surface area contributed by atoms with Crippen LogP contribution >= 0.6 is 0 Å². The number of hydrogen-bond donors (Lipinski definition) is 2. The molecule has 7 heteroatoms. The van der Waals surface area contributed by atoms with Crippen molar-refractivity contribution in [2.45, 2.75) is 32.2 Å². The Morgan fingerprint density at radius 2 is 2.05 bits per heavy atom. The number of halogens is 3. The van der Waals surface area contributed by atoms with Crippen LogP contribution in [0.15, 0.2) is 16.5 Å². The number of aliphatic hydroxyl groups is 2. The summed E-state index contributed by atoms with van der Waals surface area (Å²) in [5.41, 5.74) is 0. The predicted molar refractivity (Wildman–Crippen MR) is 62.5 cm³/mol. The highest BCUT2D eigenvalue weighted by Crippen LogP contribution is 2.20. The van der Waals surface area contributed by atoms with Crippen molar-refractivity contribution >= 4 is 0 Å². The van der Waals surface area contributed by atoms with Gasteiger partial charge in [-0.1, -0.05) is 0 Å². The van der Waals surface area contributed by atoms with Crippen LogP contribution in [0.4, 0.5) is 13.2 Å². The number of rotatable bonds is 7. The molecule has 0 unspecified atom stereocenters. The van der Waals surface area contributed by atoms with Gasteiger partial charge < -0.3 is 14.6 Å². The van der Waals surface area contributed by atoms with E-state index in [2.05, 4.69) is 0 Å². The summed E-state index contributed by atoms with van der Waals surface area (Å²) in [6, 6.07) is 3.40. The van der Waals surface area contributed by atoms with Gasteiger partial charge in [0.2, 0.25) is 0 Å². The molecule has 4 nitrogen and oxygen atoms in total. The molecule has 0 saturated carbocycles. The summed E-state index contributed by atoms with van der Waals surface area (Å²) in [5, 5.41) is 18.1. The molecule has 1 heterocycles. The highest BCUT2D eigenvalue weighted by molar-refractivity contribution is 5.05. The van der Waals surface area contributed by atoms with Gasteiger partial charge in [-0.25, -0.2) is 0 Å². The first-order valence-electron chi connectivity index (χ1n) is 5.93. The van der Waals surface area contributed by atoms with E-state index in [1.165, 1.54) is 4.90 Å². The fourth-order valence-electron chi connectivity index (χ4n) is 1.67. The SMILES string of the molecule is Cc1ccc(CN(CCC(F)(F)F)C[C@H](O)CO)o1. The summed E-state index contributed by atoms with van der Waals surface area (Å²) in [6.45, 7) is 1.14. The van der Waals surface area contributed by atoms with Gasteiger partial charge in [0.05, 0.1) is 25.7 Å². The number of hydrogen-bond acceptors (Lipinski definition) is 4. The minimum absolute atomic E-state index is 0.0354. The van der Waals surface area contributed by atoms with E-state index in [0.717, 1.165) is 0 Å². The van der Waals surface area contributed by atoms with Crippen LogP contribution in [-0.4, -0.2) is 47.1 Å². The number of aryl methyl sites for hydroxylation is 1. The maximum absolute atomic E-state index is 12.2. The molecule has 0 aliphatic heterocycles. The van der Waals surface area contributed by atoms with Gasteiger partial charge in [0.1, 0.15) is 11.5 Å². The van der Waals surface area contributed by atoms with E-state index in [1.54, 1.807) is 19.1 Å². The molecule has 1 aromatic rings. The highest BCUT2D eigenvalue weighted by atomic mass is 19.4. The van der Waals surface area contributed by atoms with Crippen LogP contribution < -0.4 is 0 Å². The third-order valence-corrected chi connectivity index (χ3v) is 2.57. The average Bonchev–Trinajstić information content (AvgIpc) is 2.70. The first-order valence-corrected chi connectivity index (χ1v) is 5.93. The van der Waals surface area contributed by atoms with Gasteiger partial charge in [0.15, 0.2) is 0 Å². The lowest BCUT2D eigenvalue weighted by molar-refractivity contribution is -0.139. The van der Waals surface area contributed by atoms with Crippen LogP contribution in [0.25, 0.3) is 0 Å². The van der Waals surface area contributed by atoms with Crippen LogP contribution in [0.5, 0.6) is 0 Å². The lowest BCUT2D eigenvalue weighted by atomic mass is 10.3. The Kier molecular flexibility index (Phi) is 5.84. The van der Waals surface area contributed by atoms with E-state index in [9.17, 15) is 18.3 Å². The third-order valence-electron chi connectivity index (χ3n) is 2.57. The normalized spacial score (nSPS) is 14.1. The number of alkyl halides is 3. The quantitative estimate of drug-likeness (QED) is 0.798. The van der Waals surface area contributed by atoms with Gasteiger partial charge in [0.25, 0.3) is 0 Å². The second-order valence-corrected chi connectivity index (χ2v) is 4.45. The third kappa shape index (κ3) is 6.60. The molecular weight excluding hydrogens is 263 g/mol. The van der Waals surface area contributed by atoms with E-state index in [4.69, 9.17) is 9.52 Å². The first kappa shape index (κ1) is 16.0. The first-order chi connectivity index (χ1) is 8.80. The largest absolute Gasteiger partial charge is 0.465 e. The summed E-state index contributed by atoms with van der Waals surface area (Å²) < 4.78 is 41.9. The molecule has 19 heavy (non-hydrogen) atoms. The van der Waals surface area contributed by atoms with Gasteiger partial charge in [-0.05, 0) is 19.1 Å². The smallest absolute Gasteiger partial charge is 0.390 e. The van der Waals surface area contributed by atoms with Crippen molar-refractivity contribution in [1.29, 1.82) is 0 Å². The van der Waals surface area contributed by atoms with E-state index in [1.807, 2.05) is 0 Å². The summed E-state index contributed by atoms with van der Waals surface area (Å²) in [4.78, 5) is 1.41. The Balaban J connectivity index is 2.58. The zero-order valence-corrected chi connectivity index (χ0v) is 10.7. The van der Waals surface area contributed by atoms with Crippen molar-refractivity contribution in [3.05, 3.63) is 23.7 Å². The topological polar surface area (TPSA) is 56.8 Å². The van der Waals surface area contributed by atoms with Gasteiger partial charge in [0, 0.05) is 13.1 Å². The number of nitrogens with zero attached hydrogens (tertiary/aromatic N) is 1. The maximum atomic E-state index is 12.2. The van der Waals surface area contributed by atoms with Gasteiger partial charge >= 0.3 is 6.18 Å². The zero-order valence-electron chi connectivity index (χ0n) is 10.7. The fraction of sp³-hybridized carbons (Fsp3) is 0.667. The Bertz CT molecular complexity index is 379. The molecule has 0 aliphatic carbocycles. The maximum Gasteiger partial charge on any atom is 0.390 e. The summed E-state index contributed by atoms with van der Waals surface area (Å²) in [7, 11) is 0. The molecule has 110 valence electrons. The number of furan rings is 1. The van der Waals surface area contributed by atoms with Gasteiger partial charge in [-0.3, -0.25) is 4.90 Å². The highest BCUT2D eigenvalue weighted by Gasteiger charge is 2.28. The van der Waals surface area contributed by atoms with E-state index >= 15 is 0 Å². The molecular formula is C12H18F3NO3. The Morgan fingerprint density at radius 1 is 1.37 bits per heavy atom. The second kappa shape index (κ2) is 6.93. The van der Waals surface area contributed by atoms with Crippen molar-refractivity contribution in [3.8, 4) is 0 Å². The van der Waals surface area contributed by atoms with Crippen LogP contribution in [0.1, 0.15) is 17.9 Å². The molecule has 1 rings (SSSR count). The van der Waals surface area contributed by atoms with Crippen molar-refractivity contribution in [3.63, 3.8) is 0 Å². The molecule has 0 amide bonds. The van der Waals surface area contributed by atoms with E-state index < -0.39 is 25.3 Å². The Labute approximate surface area is 109 Å². The number of aliphatic hydroxyl groups excluding tert-OH is 2. The standard InChI is InChI=1S/C12H18F3NO3/c1-9-2-3-11(19-9)7-16(6-10(18)8-17)5-4-12(13,14)15/h2-3,10,17-18H,4-8H2,1H3/t10-/m0/s1. The van der Waals surface area contributed by atoms with Crippen LogP contribution in [0, 0.1) is 6.92 Å². The van der Waals surface area contributed by atoms with Crippen molar-refractivity contribution < 1.29 is 27.8 Å². The molecule has 0 fully saturated rings. The lowest BCUT2D eigenvalue weighted by Gasteiger charge is -2.23. The Hall–Kier alpha value is -1.05. The summed E-state index contributed by atoms with van der Waals surface area (Å²) in [5.74, 6) is 1.21. The molecule has 0 saturated heterocycles. The summed E-state index contributed by atoms with van der Waals surface area (Å²) in [6.07, 6.45) is -6.28. The van der Waals surface area contributed by atoms with Crippen LogP contribution in [0.3, 0.4) is 0 Å². The van der Waals surface area contributed by atoms with Crippen molar-refractivity contribution in [1.82, 2.24) is 4.90 Å². The second-order valence-electron chi connectivity index (χ2n) is 4.45. The zero-order chi connectivity index (χ0) is 14.5. The minimum atomic E-state index is -4.25. The molecule has 1 aromatic heterocycles. The molecule has 0 radical (unpaired) electrons. The fourth-order valence-corrected chi connectivity index (χ4v) is 1.67. The minimum Gasteiger partial charge on any atom is -0.465 e. The molecule has 1 atom stereocenters. The van der Waals surface area contributed by atoms with Crippen LogP contribution in [-0.2, 0) is 6.54 Å². The molecule has 0 aromatic carbocycles. The molecule has 0 aliphatic rings. The van der Waals surface area contributed by atoms with E-state index in [-0.39, 0.29) is 19.6 Å². The molecule has 0 spiro atoms. The van der Waals surface area contributed by atoms with Crippen LogP contribution in [0.2, 0.25) is 0 Å². The van der Waals surface area contributed by atoms with Crippen molar-refractivity contribution in [2.75, 3.05) is 19.7 Å². The summed E-state index contributed by atoms with van der Waals surface area (Å²) >= 11 is 0. The molecule has 0 bridgehead atoms. The van der Waals surface area contributed by atoms with Gasteiger partial charge in [-0.2, -0.15) is 13.2 Å². The van der Waals surface area contributed by atoms with Gasteiger partial charge in [-0.15, -0.1) is 0 Å². The Morgan fingerprint density at radius 3 is 2.53 bits per heavy atom. The van der Waals surface area contributed by atoms with E-state index in [0.29, 0.717) is 11.5 Å². The monoisotopic (exact) mass is 281 g/mol. The average molecular weight is 281 g/mol. The lowest BCUT2D eigenvalue weighted by Crippen LogP contribution is -2.36.